The van der Waals surface area contributed by atoms with Crippen LogP contribution in [0.5, 0.6) is 5.75 Å². The van der Waals surface area contributed by atoms with Gasteiger partial charge in [0.2, 0.25) is 0 Å². The van der Waals surface area contributed by atoms with E-state index in [9.17, 15) is 20.3 Å². The summed E-state index contributed by atoms with van der Waals surface area (Å²) in [6.45, 7) is 2.43. The van der Waals surface area contributed by atoms with Gasteiger partial charge in [0.15, 0.2) is 0 Å². The van der Waals surface area contributed by atoms with Crippen LogP contribution in [-0.2, 0) is 18.3 Å². The van der Waals surface area contributed by atoms with Gasteiger partial charge in [-0.3, -0.25) is 10.1 Å². The Morgan fingerprint density at radius 3 is 2.75 bits per heavy atom. The first-order valence-corrected chi connectivity index (χ1v) is 11.4. The average molecular weight is 434 g/mol. The zero-order valence-electron chi connectivity index (χ0n) is 17.9. The normalized spacial score (nSPS) is 27.8. The van der Waals surface area contributed by atoms with E-state index in [4.69, 9.17) is 0 Å². The molecule has 3 aromatic rings. The summed E-state index contributed by atoms with van der Waals surface area (Å²) in [5.41, 5.74) is 1.93. The largest absolute Gasteiger partial charge is 0.508 e. The Hall–Kier alpha value is -2.90. The van der Waals surface area contributed by atoms with Gasteiger partial charge >= 0.3 is 0 Å². The predicted molar refractivity (Wildman–Crippen MR) is 121 cm³/mol. The van der Waals surface area contributed by atoms with Crippen LogP contribution < -0.4 is 0 Å². The maximum absolute atomic E-state index is 12.3. The number of hydrogen-bond acceptors (Lipinski definition) is 5. The van der Waals surface area contributed by atoms with Crippen molar-refractivity contribution < 1.29 is 15.1 Å². The standard InChI is InChI=1S/C25H27N3O4/c29-18-4-1-3-17(11-18)24-9-10-27(14-16-7-8-16)15-25(24,30)12-19-21(13-24)26-20-5-2-6-22(23(19)20)28(31)32/h1-6,11,16,26,29-30H,7-10,12-15H2/t24-,25-/m0/s1. The number of hydrogen-bond donors (Lipinski definition) is 3. The monoisotopic (exact) mass is 433 g/mol. The van der Waals surface area contributed by atoms with Crippen molar-refractivity contribution in [2.45, 2.75) is 43.1 Å². The molecule has 0 spiro atoms. The molecule has 6 rings (SSSR count). The lowest BCUT2D eigenvalue weighted by Gasteiger charge is -2.56. The van der Waals surface area contributed by atoms with Gasteiger partial charge in [0.25, 0.3) is 5.69 Å². The zero-order valence-corrected chi connectivity index (χ0v) is 17.9. The second-order valence-corrected chi connectivity index (χ2v) is 9.98. The molecule has 1 aromatic heterocycles. The topological polar surface area (TPSA) is 103 Å². The van der Waals surface area contributed by atoms with E-state index in [-0.39, 0.29) is 16.4 Å². The van der Waals surface area contributed by atoms with Crippen molar-refractivity contribution in [1.29, 1.82) is 0 Å². The van der Waals surface area contributed by atoms with E-state index < -0.39 is 11.0 Å². The molecule has 3 aliphatic rings. The molecule has 1 aliphatic heterocycles. The molecule has 32 heavy (non-hydrogen) atoms. The number of phenols is 1. The number of β-amino-alcohol motifs (C(OH)–C–C–N with tert-alkyl or cyclic N) is 1. The van der Waals surface area contributed by atoms with Gasteiger partial charge < -0.3 is 20.1 Å². The fourth-order valence-electron chi connectivity index (χ4n) is 6.24. The Morgan fingerprint density at radius 2 is 2.00 bits per heavy atom. The fourth-order valence-corrected chi connectivity index (χ4v) is 6.24. The van der Waals surface area contributed by atoms with Crippen LogP contribution in [0, 0.1) is 16.0 Å². The molecule has 1 saturated heterocycles. The number of benzene rings is 2. The third kappa shape index (κ3) is 2.88. The second-order valence-electron chi connectivity index (χ2n) is 9.98. The van der Waals surface area contributed by atoms with Crippen LogP contribution >= 0.6 is 0 Å². The number of nitrogens with one attached hydrogen (secondary N) is 1. The third-order valence-electron chi connectivity index (χ3n) is 7.98. The Balaban J connectivity index is 1.52. The SMILES string of the molecule is O=[N+]([O-])c1cccc2[nH]c3c(c12)C[C@]1(O)CN(CC2CC2)CC[C@@]1(c1cccc(O)c1)C3. The molecular weight excluding hydrogens is 406 g/mol. The Kier molecular flexibility index (Phi) is 4.20. The molecule has 1 saturated carbocycles. The summed E-state index contributed by atoms with van der Waals surface area (Å²) >= 11 is 0. The molecule has 2 heterocycles. The minimum atomic E-state index is -1.08. The number of piperidine rings is 1. The summed E-state index contributed by atoms with van der Waals surface area (Å²) in [6.07, 6.45) is 4.20. The van der Waals surface area contributed by atoms with E-state index >= 15 is 0 Å². The van der Waals surface area contributed by atoms with Crippen LogP contribution in [-0.4, -0.2) is 50.3 Å². The van der Waals surface area contributed by atoms with Crippen molar-refractivity contribution >= 4 is 16.6 Å². The van der Waals surface area contributed by atoms with Crippen molar-refractivity contribution in [3.05, 3.63) is 69.4 Å². The molecule has 0 amide bonds. The van der Waals surface area contributed by atoms with Crippen LogP contribution in [0.3, 0.4) is 0 Å². The number of fused-ring (bicyclic) bond motifs is 4. The summed E-state index contributed by atoms with van der Waals surface area (Å²) < 4.78 is 0. The molecule has 3 N–H and O–H groups in total. The fraction of sp³-hybridized carbons (Fsp3) is 0.440. The molecule has 7 nitrogen and oxygen atoms in total. The molecule has 2 atom stereocenters. The number of aromatic amines is 1. The number of nitrogens with zero attached hydrogens (tertiary/aromatic N) is 2. The molecular formula is C25H27N3O4. The molecule has 0 bridgehead atoms. The quantitative estimate of drug-likeness (QED) is 0.430. The highest BCUT2D eigenvalue weighted by molar-refractivity contribution is 5.93. The van der Waals surface area contributed by atoms with Crippen LogP contribution in [0.2, 0.25) is 0 Å². The highest BCUT2D eigenvalue weighted by Gasteiger charge is 2.58. The van der Waals surface area contributed by atoms with E-state index in [2.05, 4.69) is 9.88 Å². The van der Waals surface area contributed by atoms with E-state index in [0.29, 0.717) is 24.8 Å². The average Bonchev–Trinajstić information content (AvgIpc) is 3.50. The Bertz CT molecular complexity index is 1230. The minimum absolute atomic E-state index is 0.0825. The number of aliphatic hydroxyl groups is 1. The highest BCUT2D eigenvalue weighted by Crippen LogP contribution is 2.52. The van der Waals surface area contributed by atoms with Gasteiger partial charge in [0, 0.05) is 43.1 Å². The molecule has 2 aliphatic carbocycles. The lowest BCUT2D eigenvalue weighted by atomic mass is 9.56. The lowest BCUT2D eigenvalue weighted by Crippen LogP contribution is -2.66. The second kappa shape index (κ2) is 6.80. The number of rotatable bonds is 4. The van der Waals surface area contributed by atoms with Crippen molar-refractivity contribution in [3.8, 4) is 5.75 Å². The Morgan fingerprint density at radius 1 is 1.19 bits per heavy atom. The van der Waals surface area contributed by atoms with E-state index in [1.165, 1.54) is 18.9 Å². The summed E-state index contributed by atoms with van der Waals surface area (Å²) in [5.74, 6) is 0.915. The van der Waals surface area contributed by atoms with Crippen molar-refractivity contribution in [1.82, 2.24) is 9.88 Å². The number of phenolic OH excluding ortho intramolecular Hbond substituents is 1. The van der Waals surface area contributed by atoms with E-state index in [1.807, 2.05) is 18.2 Å². The number of aromatic hydroxyl groups is 1. The number of non-ortho nitro benzene ring substituents is 1. The minimum Gasteiger partial charge on any atom is -0.508 e. The molecule has 2 fully saturated rings. The number of aromatic nitrogens is 1. The van der Waals surface area contributed by atoms with Gasteiger partial charge in [-0.05, 0) is 61.1 Å². The maximum Gasteiger partial charge on any atom is 0.279 e. The smallest absolute Gasteiger partial charge is 0.279 e. The molecule has 0 radical (unpaired) electrons. The van der Waals surface area contributed by atoms with Crippen LogP contribution in [0.25, 0.3) is 10.9 Å². The van der Waals surface area contributed by atoms with Crippen molar-refractivity contribution in [2.75, 3.05) is 19.6 Å². The summed E-state index contributed by atoms with van der Waals surface area (Å²) in [5, 5.41) is 34.9. The molecule has 166 valence electrons. The first-order chi connectivity index (χ1) is 15.4. The summed E-state index contributed by atoms with van der Waals surface area (Å²) in [6, 6.07) is 12.4. The van der Waals surface area contributed by atoms with Crippen LogP contribution in [0.1, 0.15) is 36.1 Å². The van der Waals surface area contributed by atoms with Gasteiger partial charge in [-0.1, -0.05) is 18.2 Å². The van der Waals surface area contributed by atoms with Crippen molar-refractivity contribution in [3.63, 3.8) is 0 Å². The zero-order chi connectivity index (χ0) is 22.1. The first kappa shape index (κ1) is 19.8. The van der Waals surface area contributed by atoms with E-state index in [0.717, 1.165) is 47.8 Å². The predicted octanol–water partition coefficient (Wildman–Crippen LogP) is 3.67. The summed E-state index contributed by atoms with van der Waals surface area (Å²) in [4.78, 5) is 17.2. The third-order valence-corrected chi connectivity index (χ3v) is 7.98. The van der Waals surface area contributed by atoms with Gasteiger partial charge in [-0.15, -0.1) is 0 Å². The van der Waals surface area contributed by atoms with Gasteiger partial charge in [0.1, 0.15) is 5.75 Å². The highest BCUT2D eigenvalue weighted by atomic mass is 16.6. The lowest BCUT2D eigenvalue weighted by molar-refractivity contribution is -0.383. The number of H-pyrrole nitrogens is 1. The van der Waals surface area contributed by atoms with Crippen LogP contribution in [0.4, 0.5) is 5.69 Å². The Labute approximate surface area is 185 Å². The number of nitro groups is 1. The maximum atomic E-state index is 12.3. The van der Waals surface area contributed by atoms with Crippen molar-refractivity contribution in [2.24, 2.45) is 5.92 Å². The van der Waals surface area contributed by atoms with Gasteiger partial charge in [0.05, 0.1) is 21.4 Å². The van der Waals surface area contributed by atoms with Gasteiger partial charge in [-0.2, -0.15) is 0 Å². The molecule has 2 aromatic carbocycles. The van der Waals surface area contributed by atoms with E-state index in [1.54, 1.807) is 18.2 Å². The molecule has 0 unspecified atom stereocenters. The number of likely N-dealkylation sites (tertiary alicyclic amines) is 1. The number of nitro benzene ring substituents is 1. The first-order valence-electron chi connectivity index (χ1n) is 11.4. The van der Waals surface area contributed by atoms with Gasteiger partial charge in [-0.25, -0.2) is 0 Å². The van der Waals surface area contributed by atoms with Crippen LogP contribution in [0.15, 0.2) is 42.5 Å². The summed E-state index contributed by atoms with van der Waals surface area (Å²) in [7, 11) is 0. The molecule has 7 heteroatoms.